The van der Waals surface area contributed by atoms with Gasteiger partial charge in [0.05, 0.1) is 24.1 Å². The number of benzene rings is 1. The molecule has 0 radical (unpaired) electrons. The monoisotopic (exact) mass is 377 g/mol. The molecule has 2 fully saturated rings. The van der Waals surface area contributed by atoms with E-state index in [2.05, 4.69) is 45.1 Å². The summed E-state index contributed by atoms with van der Waals surface area (Å²) in [6.45, 7) is 3.04. The molecule has 1 saturated heterocycles. The van der Waals surface area contributed by atoms with E-state index in [0.717, 1.165) is 44.6 Å². The summed E-state index contributed by atoms with van der Waals surface area (Å²) in [7, 11) is 0. The lowest BCUT2D eigenvalue weighted by atomic mass is 9.83. The van der Waals surface area contributed by atoms with Gasteiger partial charge in [-0.15, -0.1) is 0 Å². The molecule has 5 rings (SSSR count). The van der Waals surface area contributed by atoms with Gasteiger partial charge in [-0.1, -0.05) is 18.2 Å². The average Bonchev–Trinajstić information content (AvgIpc) is 3.57. The Morgan fingerprint density at radius 1 is 1.11 bits per heavy atom. The second kappa shape index (κ2) is 7.21. The Labute approximate surface area is 166 Å². The molecule has 5 heteroatoms. The lowest BCUT2D eigenvalue weighted by molar-refractivity contribution is -0.139. The summed E-state index contributed by atoms with van der Waals surface area (Å²) in [5.74, 6) is 0.975. The summed E-state index contributed by atoms with van der Waals surface area (Å²) in [5.41, 5.74) is 3.23. The van der Waals surface area contributed by atoms with Crippen molar-refractivity contribution >= 4 is 17.3 Å². The highest BCUT2D eigenvalue weighted by Gasteiger charge is 2.42. The van der Waals surface area contributed by atoms with Crippen LogP contribution in [-0.2, 0) is 15.1 Å². The van der Waals surface area contributed by atoms with E-state index in [1.807, 2.05) is 12.3 Å². The van der Waals surface area contributed by atoms with E-state index in [9.17, 15) is 4.79 Å². The largest absolute Gasteiger partial charge is 0.368 e. The van der Waals surface area contributed by atoms with Crippen molar-refractivity contribution in [3.8, 4) is 0 Å². The number of piperidine rings is 1. The first-order valence-corrected chi connectivity index (χ1v) is 10.4. The number of amides is 1. The summed E-state index contributed by atoms with van der Waals surface area (Å²) >= 11 is 0. The summed E-state index contributed by atoms with van der Waals surface area (Å²) in [6.07, 6.45) is 8.63. The molecule has 1 spiro atoms. The van der Waals surface area contributed by atoms with Gasteiger partial charge in [0, 0.05) is 43.5 Å². The quantitative estimate of drug-likeness (QED) is 0.815. The van der Waals surface area contributed by atoms with Gasteiger partial charge >= 0.3 is 0 Å². The molecular weight excluding hydrogens is 350 g/mol. The van der Waals surface area contributed by atoms with Crippen LogP contribution < -0.4 is 4.90 Å². The molecular formula is C23H27N3O2. The maximum Gasteiger partial charge on any atom is 0.222 e. The average molecular weight is 377 g/mol. The van der Waals surface area contributed by atoms with Crippen LogP contribution in [0.1, 0.15) is 37.7 Å². The van der Waals surface area contributed by atoms with Crippen LogP contribution >= 0.6 is 0 Å². The number of rotatable bonds is 3. The first-order valence-electron chi connectivity index (χ1n) is 10.4. The first-order chi connectivity index (χ1) is 13.8. The minimum Gasteiger partial charge on any atom is -0.368 e. The molecule has 1 aromatic carbocycles. The Hall–Kier alpha value is -2.40. The lowest BCUT2D eigenvalue weighted by Gasteiger charge is -2.42. The number of aromatic nitrogens is 1. The predicted octanol–water partition coefficient (Wildman–Crippen LogP) is 3.87. The summed E-state index contributed by atoms with van der Waals surface area (Å²) in [4.78, 5) is 21.2. The van der Waals surface area contributed by atoms with Crippen LogP contribution in [0.25, 0.3) is 0 Å². The Morgan fingerprint density at radius 3 is 2.68 bits per heavy atom. The van der Waals surface area contributed by atoms with Crippen LogP contribution in [0.2, 0.25) is 0 Å². The van der Waals surface area contributed by atoms with Gasteiger partial charge in [0.15, 0.2) is 0 Å². The molecule has 0 N–H and O–H groups in total. The van der Waals surface area contributed by atoms with Gasteiger partial charge in [0.25, 0.3) is 0 Å². The van der Waals surface area contributed by atoms with Crippen LogP contribution in [-0.4, -0.2) is 42.0 Å². The number of nitrogens with zero attached hydrogens (tertiary/aromatic N) is 3. The second-order valence-corrected chi connectivity index (χ2v) is 8.25. The molecule has 1 saturated carbocycles. The van der Waals surface area contributed by atoms with Gasteiger partial charge in [0.1, 0.15) is 0 Å². The van der Waals surface area contributed by atoms with Crippen molar-refractivity contribution in [1.82, 2.24) is 9.88 Å². The van der Waals surface area contributed by atoms with Crippen molar-refractivity contribution in [2.24, 2.45) is 5.92 Å². The van der Waals surface area contributed by atoms with E-state index in [1.54, 1.807) is 6.20 Å². The van der Waals surface area contributed by atoms with Crippen LogP contribution in [0.3, 0.4) is 0 Å². The number of pyridine rings is 1. The maximum atomic E-state index is 12.5. The molecule has 0 bridgehead atoms. The minimum atomic E-state index is -0.302. The highest BCUT2D eigenvalue weighted by atomic mass is 16.5. The van der Waals surface area contributed by atoms with Gasteiger partial charge in [-0.2, -0.15) is 0 Å². The summed E-state index contributed by atoms with van der Waals surface area (Å²) < 4.78 is 6.53. The van der Waals surface area contributed by atoms with E-state index >= 15 is 0 Å². The molecule has 1 amide bonds. The standard InChI is InChI=1S/C23H27N3O2/c27-22(16-18-7-8-18)25-12-9-23(10-13-25)20-5-1-2-6-21(20)26(14-15-28-23)19-4-3-11-24-17-19/h1-6,11,17-18H,7-10,12-16H2. The first kappa shape index (κ1) is 17.7. The summed E-state index contributed by atoms with van der Waals surface area (Å²) in [6, 6.07) is 12.6. The Kier molecular flexibility index (Phi) is 4.55. The molecule has 2 aliphatic heterocycles. The number of para-hydroxylation sites is 1. The molecule has 3 heterocycles. The fourth-order valence-electron chi connectivity index (χ4n) is 4.64. The normalized spacial score (nSPS) is 21.3. The zero-order valence-corrected chi connectivity index (χ0v) is 16.2. The number of carbonyl (C=O) groups excluding carboxylic acids is 1. The second-order valence-electron chi connectivity index (χ2n) is 8.25. The van der Waals surface area contributed by atoms with E-state index in [-0.39, 0.29) is 5.60 Å². The van der Waals surface area contributed by atoms with Crippen molar-refractivity contribution in [3.05, 3.63) is 54.4 Å². The third kappa shape index (κ3) is 3.28. The van der Waals surface area contributed by atoms with Crippen LogP contribution in [0.5, 0.6) is 0 Å². The number of hydrogen-bond donors (Lipinski definition) is 0. The highest BCUT2D eigenvalue weighted by Crippen LogP contribution is 2.45. The molecule has 1 aromatic heterocycles. The third-order valence-electron chi connectivity index (χ3n) is 6.42. The minimum absolute atomic E-state index is 0.302. The van der Waals surface area contributed by atoms with Crippen molar-refractivity contribution in [1.29, 1.82) is 0 Å². The maximum absolute atomic E-state index is 12.5. The van der Waals surface area contributed by atoms with Crippen molar-refractivity contribution in [2.45, 2.75) is 37.7 Å². The van der Waals surface area contributed by atoms with Gasteiger partial charge in [-0.25, -0.2) is 0 Å². The Morgan fingerprint density at radius 2 is 1.93 bits per heavy atom. The van der Waals surface area contributed by atoms with Gasteiger partial charge in [-0.05, 0) is 49.8 Å². The molecule has 28 heavy (non-hydrogen) atoms. The molecule has 146 valence electrons. The molecule has 0 unspecified atom stereocenters. The number of fused-ring (bicyclic) bond motifs is 2. The van der Waals surface area contributed by atoms with E-state index in [4.69, 9.17) is 4.74 Å². The molecule has 3 aliphatic rings. The number of anilines is 2. The Bertz CT molecular complexity index is 842. The summed E-state index contributed by atoms with van der Waals surface area (Å²) in [5, 5.41) is 0. The molecule has 1 aliphatic carbocycles. The predicted molar refractivity (Wildman–Crippen MR) is 108 cm³/mol. The smallest absolute Gasteiger partial charge is 0.222 e. The topological polar surface area (TPSA) is 45.7 Å². The van der Waals surface area contributed by atoms with E-state index < -0.39 is 0 Å². The fraction of sp³-hybridized carbons (Fsp3) is 0.478. The number of ether oxygens (including phenoxy) is 1. The zero-order chi connectivity index (χ0) is 19.0. The van der Waals surface area contributed by atoms with Crippen LogP contribution in [0.15, 0.2) is 48.8 Å². The SMILES string of the molecule is O=C(CC1CC1)N1CCC2(CC1)OCCN(c1cccnc1)c1ccccc12. The van der Waals surface area contributed by atoms with Crippen LogP contribution in [0.4, 0.5) is 11.4 Å². The third-order valence-corrected chi connectivity index (χ3v) is 6.42. The Balaban J connectivity index is 1.41. The van der Waals surface area contributed by atoms with E-state index in [0.29, 0.717) is 18.4 Å². The fourth-order valence-corrected chi connectivity index (χ4v) is 4.64. The van der Waals surface area contributed by atoms with Gasteiger partial charge in [0.2, 0.25) is 5.91 Å². The van der Waals surface area contributed by atoms with Gasteiger partial charge in [-0.3, -0.25) is 9.78 Å². The van der Waals surface area contributed by atoms with Gasteiger partial charge < -0.3 is 14.5 Å². The molecule has 5 nitrogen and oxygen atoms in total. The molecule has 0 atom stereocenters. The lowest BCUT2D eigenvalue weighted by Crippen LogP contribution is -2.46. The van der Waals surface area contributed by atoms with E-state index in [1.165, 1.54) is 24.1 Å². The van der Waals surface area contributed by atoms with Crippen LogP contribution in [0, 0.1) is 5.92 Å². The number of likely N-dealkylation sites (tertiary alicyclic amines) is 1. The van der Waals surface area contributed by atoms with Crippen molar-refractivity contribution < 1.29 is 9.53 Å². The van der Waals surface area contributed by atoms with Crippen molar-refractivity contribution in [2.75, 3.05) is 31.1 Å². The number of hydrogen-bond acceptors (Lipinski definition) is 4. The highest BCUT2D eigenvalue weighted by molar-refractivity contribution is 5.77. The molecule has 2 aromatic rings. The zero-order valence-electron chi connectivity index (χ0n) is 16.2. The number of carbonyl (C=O) groups is 1. The van der Waals surface area contributed by atoms with Crippen molar-refractivity contribution in [3.63, 3.8) is 0 Å².